The highest BCUT2D eigenvalue weighted by Gasteiger charge is 2.20. The van der Waals surface area contributed by atoms with E-state index in [0.29, 0.717) is 19.0 Å². The average molecular weight is 343 g/mol. The fraction of sp³-hybridized carbons (Fsp3) is 0.381. The SMILES string of the molecule is Cc1ccccc1CCNC(=O)C[NH2+][C@H](c1ccc(F)cc1)C(C)C. The Balaban J connectivity index is 1.81. The topological polar surface area (TPSA) is 45.7 Å². The molecule has 0 fully saturated rings. The summed E-state index contributed by atoms with van der Waals surface area (Å²) in [5.41, 5.74) is 3.56. The van der Waals surface area contributed by atoms with Gasteiger partial charge in [0.15, 0.2) is 6.54 Å². The first-order valence-electron chi connectivity index (χ1n) is 8.87. The maximum Gasteiger partial charge on any atom is 0.275 e. The predicted molar refractivity (Wildman–Crippen MR) is 98.7 cm³/mol. The van der Waals surface area contributed by atoms with Gasteiger partial charge >= 0.3 is 0 Å². The van der Waals surface area contributed by atoms with Crippen molar-refractivity contribution in [1.29, 1.82) is 0 Å². The number of halogens is 1. The van der Waals surface area contributed by atoms with Gasteiger partial charge in [-0.25, -0.2) is 4.39 Å². The molecule has 134 valence electrons. The molecule has 0 bridgehead atoms. The summed E-state index contributed by atoms with van der Waals surface area (Å²) in [5, 5.41) is 5.01. The van der Waals surface area contributed by atoms with Gasteiger partial charge in [0.2, 0.25) is 0 Å². The number of carbonyl (C=O) groups excluding carboxylic acids is 1. The monoisotopic (exact) mass is 343 g/mol. The lowest BCUT2D eigenvalue weighted by atomic mass is 9.96. The van der Waals surface area contributed by atoms with E-state index in [1.54, 1.807) is 12.1 Å². The summed E-state index contributed by atoms with van der Waals surface area (Å²) in [7, 11) is 0. The molecule has 0 aliphatic rings. The third kappa shape index (κ3) is 5.98. The molecule has 3 nitrogen and oxygen atoms in total. The van der Waals surface area contributed by atoms with Crippen molar-refractivity contribution in [2.45, 2.75) is 33.2 Å². The van der Waals surface area contributed by atoms with E-state index in [9.17, 15) is 9.18 Å². The zero-order valence-corrected chi connectivity index (χ0v) is 15.3. The van der Waals surface area contributed by atoms with E-state index in [2.05, 4.69) is 38.2 Å². The van der Waals surface area contributed by atoms with E-state index in [-0.39, 0.29) is 17.8 Å². The molecule has 0 radical (unpaired) electrons. The first-order valence-corrected chi connectivity index (χ1v) is 8.87. The second kappa shape index (κ2) is 9.33. The molecule has 1 amide bonds. The van der Waals surface area contributed by atoms with E-state index < -0.39 is 0 Å². The van der Waals surface area contributed by atoms with Crippen LogP contribution in [0, 0.1) is 18.7 Å². The molecule has 0 saturated heterocycles. The maximum atomic E-state index is 13.1. The lowest BCUT2D eigenvalue weighted by molar-refractivity contribution is -0.692. The van der Waals surface area contributed by atoms with E-state index in [1.807, 2.05) is 17.4 Å². The van der Waals surface area contributed by atoms with E-state index >= 15 is 0 Å². The van der Waals surface area contributed by atoms with E-state index in [0.717, 1.165) is 12.0 Å². The molecule has 0 aliphatic carbocycles. The van der Waals surface area contributed by atoms with Crippen LogP contribution in [-0.2, 0) is 11.2 Å². The van der Waals surface area contributed by atoms with Gasteiger partial charge in [-0.3, -0.25) is 4.79 Å². The quantitative estimate of drug-likeness (QED) is 0.761. The summed E-state index contributed by atoms with van der Waals surface area (Å²) >= 11 is 0. The molecule has 2 aromatic rings. The molecular weight excluding hydrogens is 315 g/mol. The van der Waals surface area contributed by atoms with Gasteiger partial charge in [-0.1, -0.05) is 50.2 Å². The van der Waals surface area contributed by atoms with E-state index in [1.165, 1.54) is 23.3 Å². The molecule has 0 aliphatic heterocycles. The zero-order valence-electron chi connectivity index (χ0n) is 15.3. The van der Waals surface area contributed by atoms with Crippen LogP contribution < -0.4 is 10.6 Å². The molecule has 0 unspecified atom stereocenters. The van der Waals surface area contributed by atoms with Crippen LogP contribution in [0.5, 0.6) is 0 Å². The maximum absolute atomic E-state index is 13.1. The molecule has 0 aromatic heterocycles. The van der Waals surface area contributed by atoms with Crippen molar-refractivity contribution in [1.82, 2.24) is 5.32 Å². The van der Waals surface area contributed by atoms with Crippen molar-refractivity contribution in [3.05, 3.63) is 71.0 Å². The molecule has 2 aromatic carbocycles. The Morgan fingerprint density at radius 2 is 1.80 bits per heavy atom. The minimum absolute atomic E-state index is 0.0290. The third-order valence-electron chi connectivity index (χ3n) is 4.51. The first-order chi connectivity index (χ1) is 12.0. The van der Waals surface area contributed by atoms with Gasteiger partial charge < -0.3 is 10.6 Å². The number of nitrogens with one attached hydrogen (secondary N) is 1. The third-order valence-corrected chi connectivity index (χ3v) is 4.51. The highest BCUT2D eigenvalue weighted by atomic mass is 19.1. The second-order valence-corrected chi connectivity index (χ2v) is 6.79. The summed E-state index contributed by atoms with van der Waals surface area (Å²) in [6.07, 6.45) is 0.837. The standard InChI is InChI=1S/C21H27FN2O/c1-15(2)21(18-8-10-19(22)11-9-18)24-14-20(25)23-13-12-17-7-5-4-6-16(17)3/h4-11,15,21,24H,12-14H2,1-3H3,(H,23,25)/p+1/t21-/m0/s1. The van der Waals surface area contributed by atoms with Crippen molar-refractivity contribution in [3.8, 4) is 0 Å². The largest absolute Gasteiger partial charge is 0.351 e. The first kappa shape index (κ1) is 19.1. The van der Waals surface area contributed by atoms with Crippen LogP contribution in [0.3, 0.4) is 0 Å². The average Bonchev–Trinajstić information content (AvgIpc) is 2.58. The number of benzene rings is 2. The van der Waals surface area contributed by atoms with Crippen molar-refractivity contribution < 1.29 is 14.5 Å². The Hall–Kier alpha value is -2.20. The number of aryl methyl sites for hydroxylation is 1. The molecular formula is C21H28FN2O+. The minimum atomic E-state index is -0.236. The summed E-state index contributed by atoms with van der Waals surface area (Å²) in [6.45, 7) is 7.32. The van der Waals surface area contributed by atoms with Crippen LogP contribution >= 0.6 is 0 Å². The van der Waals surface area contributed by atoms with Crippen molar-refractivity contribution in [3.63, 3.8) is 0 Å². The Labute approximate surface area is 149 Å². The zero-order chi connectivity index (χ0) is 18.2. The minimum Gasteiger partial charge on any atom is -0.351 e. The molecule has 1 atom stereocenters. The molecule has 0 spiro atoms. The van der Waals surface area contributed by atoms with Crippen LogP contribution in [0.2, 0.25) is 0 Å². The lowest BCUT2D eigenvalue weighted by Crippen LogP contribution is -2.88. The Bertz CT molecular complexity index is 683. The number of hydrogen-bond acceptors (Lipinski definition) is 1. The molecule has 2 rings (SSSR count). The number of nitrogens with two attached hydrogens (primary N) is 1. The van der Waals surface area contributed by atoms with Crippen LogP contribution in [0.25, 0.3) is 0 Å². The van der Waals surface area contributed by atoms with Gasteiger partial charge in [0.25, 0.3) is 5.91 Å². The number of rotatable bonds is 8. The fourth-order valence-electron chi connectivity index (χ4n) is 3.01. The number of quaternary nitrogens is 1. The second-order valence-electron chi connectivity index (χ2n) is 6.79. The Morgan fingerprint density at radius 3 is 2.44 bits per heavy atom. The molecule has 0 saturated carbocycles. The Morgan fingerprint density at radius 1 is 1.12 bits per heavy atom. The summed E-state index contributed by atoms with van der Waals surface area (Å²) in [5.74, 6) is 0.145. The van der Waals surface area contributed by atoms with Gasteiger partial charge in [-0.2, -0.15) is 0 Å². The number of hydrogen-bond donors (Lipinski definition) is 2. The van der Waals surface area contributed by atoms with Gasteiger partial charge in [0, 0.05) is 18.0 Å². The summed E-state index contributed by atoms with van der Waals surface area (Å²) in [6, 6.07) is 14.9. The molecule has 25 heavy (non-hydrogen) atoms. The number of amides is 1. The van der Waals surface area contributed by atoms with Gasteiger partial charge in [0.05, 0.1) is 0 Å². The van der Waals surface area contributed by atoms with E-state index in [4.69, 9.17) is 0 Å². The van der Waals surface area contributed by atoms with Gasteiger partial charge in [-0.15, -0.1) is 0 Å². The predicted octanol–water partition coefficient (Wildman–Crippen LogP) is 2.75. The van der Waals surface area contributed by atoms with Gasteiger partial charge in [-0.05, 0) is 36.6 Å². The van der Waals surface area contributed by atoms with Crippen molar-refractivity contribution in [2.75, 3.05) is 13.1 Å². The molecule has 3 N–H and O–H groups in total. The number of carbonyl (C=O) groups is 1. The van der Waals surface area contributed by atoms with Crippen LogP contribution in [-0.4, -0.2) is 19.0 Å². The fourth-order valence-corrected chi connectivity index (χ4v) is 3.01. The summed E-state index contributed by atoms with van der Waals surface area (Å²) < 4.78 is 13.1. The van der Waals surface area contributed by atoms with Crippen LogP contribution in [0.1, 0.15) is 36.6 Å². The Kier molecular flexibility index (Phi) is 7.14. The highest BCUT2D eigenvalue weighted by molar-refractivity contribution is 5.76. The van der Waals surface area contributed by atoms with Crippen LogP contribution in [0.4, 0.5) is 4.39 Å². The lowest BCUT2D eigenvalue weighted by Gasteiger charge is -2.19. The van der Waals surface area contributed by atoms with Gasteiger partial charge in [0.1, 0.15) is 11.9 Å². The highest BCUT2D eigenvalue weighted by Crippen LogP contribution is 2.17. The smallest absolute Gasteiger partial charge is 0.275 e. The molecule has 0 heterocycles. The summed E-state index contributed by atoms with van der Waals surface area (Å²) in [4.78, 5) is 12.1. The molecule has 4 heteroatoms. The normalized spacial score (nSPS) is 12.2. The van der Waals surface area contributed by atoms with Crippen molar-refractivity contribution >= 4 is 5.91 Å². The van der Waals surface area contributed by atoms with Crippen LogP contribution in [0.15, 0.2) is 48.5 Å². The van der Waals surface area contributed by atoms with Crippen molar-refractivity contribution in [2.24, 2.45) is 5.92 Å².